The topological polar surface area (TPSA) is 101 Å². The Morgan fingerprint density at radius 1 is 1.00 bits per heavy atom. The number of hydrogen-bond donors (Lipinski definition) is 3. The van der Waals surface area contributed by atoms with E-state index in [2.05, 4.69) is 10.0 Å². The highest BCUT2D eigenvalue weighted by Gasteiger charge is 2.16. The molecule has 1 amide bonds. The minimum atomic E-state index is -3.65. The number of amides is 1. The van der Waals surface area contributed by atoms with Crippen LogP contribution in [0.3, 0.4) is 0 Å². The second-order valence-corrected chi connectivity index (χ2v) is 8.40. The molecule has 0 fully saturated rings. The van der Waals surface area contributed by atoms with E-state index in [9.17, 15) is 13.2 Å². The maximum absolute atomic E-state index is 12.4. The molecule has 0 unspecified atom stereocenters. The second-order valence-electron chi connectivity index (χ2n) is 6.72. The maximum Gasteiger partial charge on any atom is 0.261 e. The highest BCUT2D eigenvalue weighted by Crippen LogP contribution is 2.19. The standard InChI is InChI=1S/C19H25N3O3S.ClH/c1-13(2)12-18(20)19(23)21-15-6-8-16(9-7-15)22-26(24,25)17-10-4-14(3)5-11-17;/h4-11,13,18,22H,12,20H2,1-3H3,(H,21,23);1H/t18-;/m0./s1. The third-order valence-corrected chi connectivity index (χ3v) is 5.20. The smallest absolute Gasteiger partial charge is 0.261 e. The number of hydrogen-bond acceptors (Lipinski definition) is 4. The van der Waals surface area contributed by atoms with Gasteiger partial charge in [-0.3, -0.25) is 9.52 Å². The van der Waals surface area contributed by atoms with Gasteiger partial charge in [-0.1, -0.05) is 31.5 Å². The average Bonchev–Trinajstić information content (AvgIpc) is 2.56. The van der Waals surface area contributed by atoms with Gasteiger partial charge >= 0.3 is 0 Å². The fourth-order valence-corrected chi connectivity index (χ4v) is 3.46. The van der Waals surface area contributed by atoms with Gasteiger partial charge in [0.15, 0.2) is 0 Å². The Bertz CT molecular complexity index is 851. The largest absolute Gasteiger partial charge is 0.325 e. The second kappa shape index (κ2) is 9.73. The van der Waals surface area contributed by atoms with Crippen LogP contribution in [0.4, 0.5) is 11.4 Å². The van der Waals surface area contributed by atoms with Crippen LogP contribution in [-0.4, -0.2) is 20.4 Å². The van der Waals surface area contributed by atoms with Crippen LogP contribution < -0.4 is 15.8 Å². The van der Waals surface area contributed by atoms with E-state index in [4.69, 9.17) is 5.73 Å². The van der Waals surface area contributed by atoms with E-state index in [-0.39, 0.29) is 23.2 Å². The number of rotatable bonds is 7. The molecular weight excluding hydrogens is 386 g/mol. The highest BCUT2D eigenvalue weighted by molar-refractivity contribution is 7.92. The lowest BCUT2D eigenvalue weighted by Gasteiger charge is -2.14. The van der Waals surface area contributed by atoms with Gasteiger partial charge in [-0.15, -0.1) is 12.4 Å². The van der Waals surface area contributed by atoms with Gasteiger partial charge < -0.3 is 11.1 Å². The summed E-state index contributed by atoms with van der Waals surface area (Å²) in [5.41, 5.74) is 7.81. The van der Waals surface area contributed by atoms with Gasteiger partial charge in [-0.25, -0.2) is 8.42 Å². The molecule has 1 atom stereocenters. The number of carbonyl (C=O) groups excluding carboxylic acids is 1. The molecule has 0 aliphatic heterocycles. The molecule has 0 aliphatic rings. The molecule has 27 heavy (non-hydrogen) atoms. The first-order chi connectivity index (χ1) is 12.2. The molecule has 6 nitrogen and oxygen atoms in total. The summed E-state index contributed by atoms with van der Waals surface area (Å²) in [7, 11) is -3.65. The predicted octanol–water partition coefficient (Wildman–Crippen LogP) is 3.53. The lowest BCUT2D eigenvalue weighted by Crippen LogP contribution is -2.36. The molecule has 148 valence electrons. The number of aryl methyl sites for hydroxylation is 1. The average molecular weight is 412 g/mol. The first-order valence-corrected chi connectivity index (χ1v) is 9.91. The molecule has 2 rings (SSSR count). The Hall–Kier alpha value is -2.09. The summed E-state index contributed by atoms with van der Waals surface area (Å²) in [5.74, 6) is 0.0704. The van der Waals surface area contributed by atoms with Crippen LogP contribution >= 0.6 is 12.4 Å². The van der Waals surface area contributed by atoms with Crippen LogP contribution in [-0.2, 0) is 14.8 Å². The first kappa shape index (κ1) is 23.0. The molecule has 0 saturated carbocycles. The first-order valence-electron chi connectivity index (χ1n) is 8.43. The lowest BCUT2D eigenvalue weighted by atomic mass is 10.0. The Kier molecular flexibility index (Phi) is 8.27. The van der Waals surface area contributed by atoms with E-state index in [1.165, 1.54) is 0 Å². The van der Waals surface area contributed by atoms with Gasteiger partial charge in [0.2, 0.25) is 5.91 Å². The van der Waals surface area contributed by atoms with Crippen LogP contribution in [0.5, 0.6) is 0 Å². The number of anilines is 2. The monoisotopic (exact) mass is 411 g/mol. The van der Waals surface area contributed by atoms with E-state index < -0.39 is 16.1 Å². The lowest BCUT2D eigenvalue weighted by molar-refractivity contribution is -0.117. The van der Waals surface area contributed by atoms with Gasteiger partial charge in [0.1, 0.15) is 0 Å². The molecule has 0 radical (unpaired) electrons. The van der Waals surface area contributed by atoms with Crippen molar-refractivity contribution in [1.82, 2.24) is 0 Å². The van der Waals surface area contributed by atoms with Crippen molar-refractivity contribution in [2.45, 2.75) is 38.1 Å². The summed E-state index contributed by atoms with van der Waals surface area (Å²) in [6.07, 6.45) is 0.597. The Balaban J connectivity index is 0.00000364. The molecule has 0 saturated heterocycles. The Morgan fingerprint density at radius 2 is 1.52 bits per heavy atom. The van der Waals surface area contributed by atoms with Gasteiger partial charge in [-0.2, -0.15) is 0 Å². The summed E-state index contributed by atoms with van der Waals surface area (Å²) >= 11 is 0. The summed E-state index contributed by atoms with van der Waals surface area (Å²) < 4.78 is 27.3. The van der Waals surface area contributed by atoms with Crippen LogP contribution in [0.15, 0.2) is 53.4 Å². The zero-order valence-electron chi connectivity index (χ0n) is 15.6. The van der Waals surface area contributed by atoms with Crippen LogP contribution in [0.25, 0.3) is 0 Å². The zero-order chi connectivity index (χ0) is 19.3. The molecule has 2 aromatic carbocycles. The Morgan fingerprint density at radius 3 is 2.04 bits per heavy atom. The molecule has 4 N–H and O–H groups in total. The number of nitrogens with two attached hydrogens (primary N) is 1. The molecular formula is C19H26ClN3O3S. The summed E-state index contributed by atoms with van der Waals surface area (Å²) in [4.78, 5) is 12.2. The summed E-state index contributed by atoms with van der Waals surface area (Å²) in [6, 6.07) is 12.5. The van der Waals surface area contributed by atoms with Gasteiger partial charge in [0.05, 0.1) is 10.9 Å². The number of nitrogens with one attached hydrogen (secondary N) is 2. The fraction of sp³-hybridized carbons (Fsp3) is 0.316. The minimum Gasteiger partial charge on any atom is -0.325 e. The quantitative estimate of drug-likeness (QED) is 0.648. The molecule has 0 aliphatic carbocycles. The molecule has 0 aromatic heterocycles. The molecule has 0 bridgehead atoms. The third-order valence-electron chi connectivity index (χ3n) is 3.80. The summed E-state index contributed by atoms with van der Waals surface area (Å²) in [6.45, 7) is 5.90. The Labute approximate surface area is 167 Å². The van der Waals surface area contributed by atoms with Crippen molar-refractivity contribution < 1.29 is 13.2 Å². The van der Waals surface area contributed by atoms with Gasteiger partial charge in [0.25, 0.3) is 10.0 Å². The van der Waals surface area contributed by atoms with Crippen molar-refractivity contribution >= 4 is 39.7 Å². The third kappa shape index (κ3) is 6.86. The SMILES string of the molecule is Cc1ccc(S(=O)(=O)Nc2ccc(NC(=O)[C@@H](N)CC(C)C)cc2)cc1.Cl. The predicted molar refractivity (Wildman–Crippen MR) is 112 cm³/mol. The number of benzene rings is 2. The molecule has 0 heterocycles. The van der Waals surface area contributed by atoms with Crippen molar-refractivity contribution in [2.24, 2.45) is 11.7 Å². The van der Waals surface area contributed by atoms with Crippen LogP contribution in [0, 0.1) is 12.8 Å². The van der Waals surface area contributed by atoms with Crippen molar-refractivity contribution in [2.75, 3.05) is 10.0 Å². The summed E-state index contributed by atoms with van der Waals surface area (Å²) in [5, 5.41) is 2.73. The van der Waals surface area contributed by atoms with Gasteiger partial charge in [0, 0.05) is 11.4 Å². The van der Waals surface area contributed by atoms with Crippen LogP contribution in [0.2, 0.25) is 0 Å². The molecule has 8 heteroatoms. The minimum absolute atomic E-state index is 0. The maximum atomic E-state index is 12.4. The van der Waals surface area contributed by atoms with Gasteiger partial charge in [-0.05, 0) is 55.7 Å². The highest BCUT2D eigenvalue weighted by atomic mass is 35.5. The van der Waals surface area contributed by atoms with E-state index >= 15 is 0 Å². The van der Waals surface area contributed by atoms with Crippen molar-refractivity contribution in [3.63, 3.8) is 0 Å². The van der Waals surface area contributed by atoms with Crippen molar-refractivity contribution in [3.05, 3.63) is 54.1 Å². The van der Waals surface area contributed by atoms with Crippen molar-refractivity contribution in [1.29, 1.82) is 0 Å². The van der Waals surface area contributed by atoms with E-state index in [1.54, 1.807) is 48.5 Å². The zero-order valence-corrected chi connectivity index (χ0v) is 17.2. The fourth-order valence-electron chi connectivity index (χ4n) is 2.40. The van der Waals surface area contributed by atoms with E-state index in [0.29, 0.717) is 23.7 Å². The van der Waals surface area contributed by atoms with Crippen LogP contribution in [0.1, 0.15) is 25.8 Å². The van der Waals surface area contributed by atoms with Crippen molar-refractivity contribution in [3.8, 4) is 0 Å². The molecule has 0 spiro atoms. The van der Waals surface area contributed by atoms with E-state index in [1.807, 2.05) is 20.8 Å². The van der Waals surface area contributed by atoms with E-state index in [0.717, 1.165) is 5.56 Å². The number of carbonyl (C=O) groups is 1. The normalized spacial score (nSPS) is 12.2. The number of halogens is 1. The molecule has 2 aromatic rings. The number of sulfonamides is 1.